The molecule has 0 aliphatic rings. The van der Waals surface area contributed by atoms with E-state index in [-0.39, 0.29) is 5.97 Å². The Bertz CT molecular complexity index is 793. The number of nitrogens with two attached hydrogens (primary N) is 1. The highest BCUT2D eigenvalue weighted by Gasteiger charge is 2.24. The van der Waals surface area contributed by atoms with Gasteiger partial charge in [-0.2, -0.15) is 0 Å². The van der Waals surface area contributed by atoms with Crippen LogP contribution in [0.2, 0.25) is 0 Å². The van der Waals surface area contributed by atoms with Crippen molar-refractivity contribution in [1.29, 1.82) is 0 Å². The second-order valence-corrected chi connectivity index (χ2v) is 5.07. The Morgan fingerprint density at radius 1 is 1.14 bits per heavy atom. The minimum absolute atomic E-state index is 0.328. The molecule has 0 aliphatic heterocycles. The highest BCUT2D eigenvalue weighted by atomic mass is 16.5. The smallest absolute Gasteiger partial charge is 0.355 e. The van der Waals surface area contributed by atoms with E-state index in [2.05, 4.69) is 4.98 Å². The van der Waals surface area contributed by atoms with E-state index in [1.54, 1.807) is 6.92 Å². The molecule has 0 amide bonds. The summed E-state index contributed by atoms with van der Waals surface area (Å²) in [4.78, 5) is 15.4. The van der Waals surface area contributed by atoms with Gasteiger partial charge in [0, 0.05) is 16.5 Å². The molecule has 0 radical (unpaired) electrons. The number of para-hydroxylation sites is 1. The van der Waals surface area contributed by atoms with Gasteiger partial charge in [-0.1, -0.05) is 48.5 Å². The highest BCUT2D eigenvalue weighted by Crippen LogP contribution is 2.31. The first-order chi connectivity index (χ1) is 10.7. The largest absolute Gasteiger partial charge is 0.461 e. The molecule has 22 heavy (non-hydrogen) atoms. The zero-order valence-corrected chi connectivity index (χ0v) is 12.4. The summed E-state index contributed by atoms with van der Waals surface area (Å²) in [6.45, 7) is 2.12. The molecule has 0 spiro atoms. The summed E-state index contributed by atoms with van der Waals surface area (Å²) in [5.74, 6) is -0.375. The molecular formula is C18H18N2O2. The van der Waals surface area contributed by atoms with Crippen LogP contribution in [-0.2, 0) is 4.74 Å². The summed E-state index contributed by atoms with van der Waals surface area (Å²) < 4.78 is 5.16. The summed E-state index contributed by atoms with van der Waals surface area (Å²) in [5, 5.41) is 0.946. The maximum Gasteiger partial charge on any atom is 0.355 e. The van der Waals surface area contributed by atoms with Gasteiger partial charge >= 0.3 is 5.97 Å². The minimum Gasteiger partial charge on any atom is -0.461 e. The van der Waals surface area contributed by atoms with Crippen LogP contribution in [0.5, 0.6) is 0 Å². The lowest BCUT2D eigenvalue weighted by Crippen LogP contribution is -2.16. The Labute approximate surface area is 128 Å². The van der Waals surface area contributed by atoms with Crippen molar-refractivity contribution in [3.05, 3.63) is 71.4 Å². The molecule has 4 nitrogen and oxygen atoms in total. The minimum atomic E-state index is -0.392. The van der Waals surface area contributed by atoms with Gasteiger partial charge < -0.3 is 15.5 Å². The van der Waals surface area contributed by atoms with Crippen molar-refractivity contribution in [2.75, 3.05) is 6.61 Å². The first-order valence-corrected chi connectivity index (χ1v) is 7.30. The van der Waals surface area contributed by atoms with E-state index in [4.69, 9.17) is 10.5 Å². The molecule has 3 rings (SSSR count). The number of aromatic nitrogens is 1. The normalized spacial score (nSPS) is 12.3. The van der Waals surface area contributed by atoms with Crippen LogP contribution in [0.25, 0.3) is 10.9 Å². The molecule has 0 saturated carbocycles. The van der Waals surface area contributed by atoms with Gasteiger partial charge in [-0.3, -0.25) is 0 Å². The maximum absolute atomic E-state index is 12.3. The Morgan fingerprint density at radius 3 is 2.55 bits per heavy atom. The van der Waals surface area contributed by atoms with E-state index >= 15 is 0 Å². The van der Waals surface area contributed by atoms with Gasteiger partial charge in [0.15, 0.2) is 0 Å². The van der Waals surface area contributed by atoms with Gasteiger partial charge in [-0.05, 0) is 18.6 Å². The SMILES string of the molecule is CCOC(=O)c1[nH]c2ccccc2c1[C@@H](N)c1ccccc1. The molecule has 4 heteroatoms. The van der Waals surface area contributed by atoms with Crippen LogP contribution in [0, 0.1) is 0 Å². The topological polar surface area (TPSA) is 68.1 Å². The molecular weight excluding hydrogens is 276 g/mol. The lowest BCUT2D eigenvalue weighted by atomic mass is 9.96. The Kier molecular flexibility index (Phi) is 3.94. The van der Waals surface area contributed by atoms with E-state index in [1.807, 2.05) is 54.6 Å². The maximum atomic E-state index is 12.3. The summed E-state index contributed by atoms with van der Waals surface area (Å²) in [6, 6.07) is 17.1. The number of esters is 1. The summed E-state index contributed by atoms with van der Waals surface area (Å²) in [7, 11) is 0. The number of nitrogens with one attached hydrogen (secondary N) is 1. The average Bonchev–Trinajstić information content (AvgIpc) is 2.95. The fourth-order valence-corrected chi connectivity index (χ4v) is 2.68. The van der Waals surface area contributed by atoms with Crippen molar-refractivity contribution >= 4 is 16.9 Å². The average molecular weight is 294 g/mol. The molecule has 1 heterocycles. The highest BCUT2D eigenvalue weighted by molar-refractivity contribution is 5.99. The van der Waals surface area contributed by atoms with E-state index in [0.29, 0.717) is 12.3 Å². The molecule has 2 aromatic carbocycles. The number of carbonyl (C=O) groups excluding carboxylic acids is 1. The number of carbonyl (C=O) groups is 1. The summed E-state index contributed by atoms with van der Waals surface area (Å²) in [6.07, 6.45) is 0. The van der Waals surface area contributed by atoms with Crippen LogP contribution >= 0.6 is 0 Å². The van der Waals surface area contributed by atoms with Crippen LogP contribution in [0.1, 0.15) is 34.6 Å². The van der Waals surface area contributed by atoms with E-state index in [9.17, 15) is 4.79 Å². The van der Waals surface area contributed by atoms with Crippen molar-refractivity contribution in [2.24, 2.45) is 5.73 Å². The van der Waals surface area contributed by atoms with Crippen LogP contribution in [0.15, 0.2) is 54.6 Å². The van der Waals surface area contributed by atoms with E-state index in [0.717, 1.165) is 22.0 Å². The van der Waals surface area contributed by atoms with Crippen LogP contribution in [0.3, 0.4) is 0 Å². The Morgan fingerprint density at radius 2 is 1.82 bits per heavy atom. The van der Waals surface area contributed by atoms with E-state index < -0.39 is 6.04 Å². The van der Waals surface area contributed by atoms with Crippen molar-refractivity contribution < 1.29 is 9.53 Å². The second-order valence-electron chi connectivity index (χ2n) is 5.07. The van der Waals surface area contributed by atoms with Crippen molar-refractivity contribution in [3.63, 3.8) is 0 Å². The number of rotatable bonds is 4. The third-order valence-electron chi connectivity index (χ3n) is 3.70. The summed E-state index contributed by atoms with van der Waals surface area (Å²) in [5.41, 5.74) is 9.48. The number of H-pyrrole nitrogens is 1. The molecule has 0 aliphatic carbocycles. The number of hydrogen-bond donors (Lipinski definition) is 2. The fourth-order valence-electron chi connectivity index (χ4n) is 2.68. The van der Waals surface area contributed by atoms with Gasteiger partial charge in [-0.15, -0.1) is 0 Å². The number of aromatic amines is 1. The lowest BCUT2D eigenvalue weighted by molar-refractivity contribution is 0.0519. The predicted molar refractivity (Wildman–Crippen MR) is 86.7 cm³/mol. The summed E-state index contributed by atoms with van der Waals surface area (Å²) >= 11 is 0. The van der Waals surface area contributed by atoms with Crippen molar-refractivity contribution in [2.45, 2.75) is 13.0 Å². The number of benzene rings is 2. The number of fused-ring (bicyclic) bond motifs is 1. The molecule has 1 aromatic heterocycles. The van der Waals surface area contributed by atoms with Gasteiger partial charge in [0.2, 0.25) is 0 Å². The van der Waals surface area contributed by atoms with Crippen molar-refractivity contribution in [3.8, 4) is 0 Å². The van der Waals surface area contributed by atoms with E-state index in [1.165, 1.54) is 0 Å². The predicted octanol–water partition coefficient (Wildman–Crippen LogP) is 3.39. The molecule has 3 aromatic rings. The van der Waals surface area contributed by atoms with Gasteiger partial charge in [0.1, 0.15) is 5.69 Å². The Hall–Kier alpha value is -2.59. The molecule has 3 N–H and O–H groups in total. The third kappa shape index (κ3) is 2.49. The quantitative estimate of drug-likeness (QED) is 0.725. The second kappa shape index (κ2) is 6.03. The van der Waals surface area contributed by atoms with Crippen LogP contribution < -0.4 is 5.73 Å². The number of ether oxygens (including phenoxy) is 1. The first-order valence-electron chi connectivity index (χ1n) is 7.30. The molecule has 1 atom stereocenters. The first kappa shape index (κ1) is 14.4. The zero-order valence-electron chi connectivity index (χ0n) is 12.4. The van der Waals surface area contributed by atoms with Crippen molar-refractivity contribution in [1.82, 2.24) is 4.98 Å². The van der Waals surface area contributed by atoms with Gasteiger partial charge in [0.25, 0.3) is 0 Å². The monoisotopic (exact) mass is 294 g/mol. The molecule has 0 saturated heterocycles. The lowest BCUT2D eigenvalue weighted by Gasteiger charge is -2.13. The standard InChI is InChI=1S/C18H18N2O2/c1-2-22-18(21)17-15(13-10-6-7-11-14(13)20-17)16(19)12-8-4-3-5-9-12/h3-11,16,20H,2,19H2,1H3/t16-/m0/s1. The molecule has 112 valence electrons. The molecule has 0 unspecified atom stereocenters. The molecule has 0 fully saturated rings. The zero-order chi connectivity index (χ0) is 15.5. The molecule has 0 bridgehead atoms. The number of hydrogen-bond acceptors (Lipinski definition) is 3. The van der Waals surface area contributed by atoms with Gasteiger partial charge in [-0.25, -0.2) is 4.79 Å². The Balaban J connectivity index is 2.17. The van der Waals surface area contributed by atoms with Crippen LogP contribution in [0.4, 0.5) is 0 Å². The van der Waals surface area contributed by atoms with Crippen LogP contribution in [-0.4, -0.2) is 17.6 Å². The third-order valence-corrected chi connectivity index (χ3v) is 3.70. The fraction of sp³-hybridized carbons (Fsp3) is 0.167. The van der Waals surface area contributed by atoms with Gasteiger partial charge in [0.05, 0.1) is 12.6 Å².